The number of fused-ring (bicyclic) bond motifs is 6. The molecule has 0 bridgehead atoms. The summed E-state index contributed by atoms with van der Waals surface area (Å²) in [6, 6.07) is 68.4. The molecule has 0 spiro atoms. The summed E-state index contributed by atoms with van der Waals surface area (Å²) < 4.78 is 145. The monoisotopic (exact) mass is 2060 g/mol. The Morgan fingerprint density at radius 3 is 0.823 bits per heavy atom. The summed E-state index contributed by atoms with van der Waals surface area (Å²) in [6.45, 7) is 0. The lowest BCUT2D eigenvalue weighted by Crippen LogP contribution is -2.04. The molecular weight excluding hydrogens is 1980 g/mol. The maximum absolute atomic E-state index is 14.2. The molecule has 0 unspecified atom stereocenters. The van der Waals surface area contributed by atoms with Gasteiger partial charge in [0.1, 0.15) is 29.1 Å². The molecule has 24 nitrogen and oxygen atoms in total. The van der Waals surface area contributed by atoms with Gasteiger partial charge in [-0.15, -0.1) is 0 Å². The highest BCUT2D eigenvalue weighted by Gasteiger charge is 2.31. The van der Waals surface area contributed by atoms with Crippen LogP contribution in [0.25, 0.3) is 169 Å². The van der Waals surface area contributed by atoms with E-state index in [1.165, 1.54) is 42.7 Å². The minimum Gasteiger partial charge on any atom is -0.256 e. The van der Waals surface area contributed by atoms with Crippen LogP contribution in [0.1, 0.15) is 50.1 Å². The zero-order chi connectivity index (χ0) is 97.4. The van der Waals surface area contributed by atoms with Crippen molar-refractivity contribution in [3.63, 3.8) is 0 Å². The van der Waals surface area contributed by atoms with E-state index in [9.17, 15) is 43.9 Å². The minimum absolute atomic E-state index is 0. The molecule has 0 saturated heterocycles. The number of nitrogens with zero attached hydrogens (tertiary/aromatic N) is 24. The zero-order valence-electron chi connectivity index (χ0n) is 72.2. The van der Waals surface area contributed by atoms with Crippen molar-refractivity contribution >= 4 is 80.3 Å². The topological polar surface area (TPSA) is 258 Å². The van der Waals surface area contributed by atoms with E-state index < -0.39 is 46.6 Å². The lowest BCUT2D eigenvalue weighted by atomic mass is 10.0. The summed E-state index contributed by atoms with van der Waals surface area (Å²) in [6.07, 6.45) is 25.9. The molecule has 0 amide bonds. The average molecular weight is 2060 g/mol. The van der Waals surface area contributed by atoms with Crippen molar-refractivity contribution in [3.05, 3.63) is 433 Å². The molecule has 0 atom stereocenters. The summed E-state index contributed by atoms with van der Waals surface area (Å²) in [5, 5.41) is 25.7. The molecule has 6 aromatic carbocycles. The number of rotatable bonds is 12. The second kappa shape index (κ2) is 47.1. The molecule has 738 valence electrons. The quantitative estimate of drug-likeness (QED) is 0.0813. The summed E-state index contributed by atoms with van der Waals surface area (Å²) in [7, 11) is 0. The van der Waals surface area contributed by atoms with Gasteiger partial charge in [-0.05, 0) is 182 Å². The van der Waals surface area contributed by atoms with Crippen LogP contribution >= 0.6 is 46.4 Å². The number of alkyl halides is 3. The molecule has 0 N–H and O–H groups in total. The minimum atomic E-state index is -4.40. The van der Waals surface area contributed by atoms with E-state index in [1.807, 2.05) is 104 Å². The lowest BCUT2D eigenvalue weighted by Gasteiger charge is -2.11. The van der Waals surface area contributed by atoms with Gasteiger partial charge in [-0.25, -0.2) is 87.7 Å². The second-order valence-corrected chi connectivity index (χ2v) is 32.1. The smallest absolute Gasteiger partial charge is 0.256 e. The van der Waals surface area contributed by atoms with Crippen LogP contribution in [0, 0.1) is 40.7 Å². The van der Waals surface area contributed by atoms with E-state index in [2.05, 4.69) is 90.4 Å². The van der Waals surface area contributed by atoms with Crippen molar-refractivity contribution < 1.29 is 43.9 Å². The molecule has 18 aromatic heterocycles. The number of aromatic nitrogens is 24. The second-order valence-electron chi connectivity index (χ2n) is 30.4. The molecule has 0 aliphatic heterocycles. The van der Waals surface area contributed by atoms with Gasteiger partial charge in [0.2, 0.25) is 0 Å². The number of pyridine rings is 6. The van der Waals surface area contributed by atoms with Gasteiger partial charge in [0, 0.05) is 200 Å². The highest BCUT2D eigenvalue weighted by molar-refractivity contribution is 6.32. The average Bonchev–Trinajstić information content (AvgIpc) is 1.49. The summed E-state index contributed by atoms with van der Waals surface area (Å²) >= 11 is 23.8. The Bertz CT molecular complexity index is 8590. The van der Waals surface area contributed by atoms with Crippen LogP contribution in [0.3, 0.4) is 0 Å². The lowest BCUT2D eigenvalue weighted by molar-refractivity contribution is -0.137. The predicted molar refractivity (Wildman–Crippen MR) is 555 cm³/mol. The van der Waals surface area contributed by atoms with Gasteiger partial charge in [-0.2, -0.15) is 43.8 Å². The molecule has 0 aliphatic rings. The molecule has 147 heavy (non-hydrogen) atoms. The molecule has 0 radical (unpaired) electrons. The number of halogens is 14. The van der Waals surface area contributed by atoms with Crippen molar-refractivity contribution in [1.29, 1.82) is 0 Å². The van der Waals surface area contributed by atoms with E-state index in [4.69, 9.17) is 46.4 Å². The van der Waals surface area contributed by atoms with E-state index in [1.54, 1.807) is 217 Å². The van der Waals surface area contributed by atoms with Gasteiger partial charge < -0.3 is 0 Å². The zero-order valence-corrected chi connectivity index (χ0v) is 75.2. The molecule has 0 saturated carbocycles. The molecule has 24 aromatic rings. The Hall–Kier alpha value is -17.6. The Balaban J connectivity index is 0.000000146. The first-order valence-electron chi connectivity index (χ1n) is 42.2. The standard InChI is InChI=1S/C18H11F3N4.C17H9ClF2N4.2C17H10ClFN4.C17H11ClN4.C17H9F3N4.6CH4/c19-18(20,21)13-4-1-3-12(11-13)17-14(5-2-8-22-17)15-7-10-25-16(24-15)6-9-23-25;18-12-8-11(13(19)9-14(12)20)17-10(2-1-5-21-17)15-4-7-24-16(23-15)3-6-22-24;18-11-3-4-14(19)13(10-11)17-12(2-1-7-20-17)15-6-9-23-16(22-15)5-8-21-23;18-13-10-11(3-4-14(13)19)17-12(2-1-7-20-17)15-6-9-23-16(22-15)5-8-21-23;18-13-4-1-3-12(11-13)17-14(5-2-8-19-17)15-7-10-22-16(21-15)6-9-20-22;18-12-9-14(20)13(19)8-11(12)17-10(2-1-5-21-17)15-4-7-24-16(23-15)3-6-22-24;;;;;;/h1-11H;1-9H;2*1-10H;1-11H;1-9H;6*1H4. The Kier molecular flexibility index (Phi) is 34.2. The highest BCUT2D eigenvalue weighted by atomic mass is 35.5. The fourth-order valence-corrected chi connectivity index (χ4v) is 15.7. The normalized spacial score (nSPS) is 10.7. The van der Waals surface area contributed by atoms with Crippen molar-refractivity contribution in [2.75, 3.05) is 0 Å². The molecular formula is C109H84Cl4F10N24. The predicted octanol–water partition coefficient (Wildman–Crippen LogP) is 29.2. The number of benzene rings is 6. The largest absolute Gasteiger partial charge is 0.416 e. The maximum atomic E-state index is 14.2. The van der Waals surface area contributed by atoms with Gasteiger partial charge >= 0.3 is 6.18 Å². The van der Waals surface area contributed by atoms with Crippen molar-refractivity contribution in [1.82, 2.24) is 117 Å². The first-order chi connectivity index (χ1) is 68.5. The van der Waals surface area contributed by atoms with E-state index in [0.717, 1.165) is 80.5 Å². The maximum Gasteiger partial charge on any atom is 0.416 e. The Morgan fingerprint density at radius 2 is 0.483 bits per heavy atom. The summed E-state index contributed by atoms with van der Waals surface area (Å²) in [5.41, 5.74) is 17.3. The third kappa shape index (κ3) is 23.7. The van der Waals surface area contributed by atoms with E-state index in [-0.39, 0.29) is 77.2 Å². The van der Waals surface area contributed by atoms with Crippen LogP contribution in [0.5, 0.6) is 0 Å². The molecule has 18 heterocycles. The molecule has 0 aliphatic carbocycles. The van der Waals surface area contributed by atoms with E-state index in [0.29, 0.717) is 112 Å². The van der Waals surface area contributed by atoms with E-state index >= 15 is 0 Å². The molecule has 38 heteroatoms. The van der Waals surface area contributed by atoms with Crippen molar-refractivity contribution in [2.45, 2.75) is 50.7 Å². The third-order valence-electron chi connectivity index (χ3n) is 21.5. The van der Waals surface area contributed by atoms with Gasteiger partial charge in [0.15, 0.2) is 45.5 Å². The van der Waals surface area contributed by atoms with Crippen LogP contribution < -0.4 is 0 Å². The van der Waals surface area contributed by atoms with Gasteiger partial charge in [-0.3, -0.25) is 29.9 Å². The van der Waals surface area contributed by atoms with Gasteiger partial charge in [-0.1, -0.05) is 115 Å². The Morgan fingerprint density at radius 1 is 0.204 bits per heavy atom. The molecule has 0 fully saturated rings. The number of hydrogen-bond acceptors (Lipinski definition) is 18. The highest BCUT2D eigenvalue weighted by Crippen LogP contribution is 2.41. The molecule has 24 rings (SSSR count). The van der Waals surface area contributed by atoms with Crippen LogP contribution in [-0.2, 0) is 6.18 Å². The van der Waals surface area contributed by atoms with Crippen molar-refractivity contribution in [2.24, 2.45) is 0 Å². The van der Waals surface area contributed by atoms with Crippen molar-refractivity contribution in [3.8, 4) is 135 Å². The SMILES string of the molecule is C.C.C.C.C.C.Clc1cccc(-c2ncccc2-c2ccn3nccc3n2)c1.FC(F)(F)c1cccc(-c2ncccc2-c2ccn3nccc3n2)c1.Fc1cc(F)c(-c2ncccc2-c2ccn3nccc3n2)cc1Cl.Fc1cc(F)c(-c2ncccc2-c2ccn3nccc3n2)cc1F.Fc1ccc(-c2ncccc2-c2ccn3nccc3n2)cc1Cl.Fc1ccc(Cl)cc1-c1ncccc1-c1ccn2nccc2n1. The summed E-state index contributed by atoms with van der Waals surface area (Å²) in [4.78, 5) is 53.1. The third-order valence-corrected chi connectivity index (χ3v) is 22.6. The van der Waals surface area contributed by atoms with Crippen LogP contribution in [0.2, 0.25) is 20.1 Å². The first-order valence-corrected chi connectivity index (χ1v) is 43.7. The van der Waals surface area contributed by atoms with Gasteiger partial charge in [0.25, 0.3) is 0 Å². The fraction of sp³-hybridized carbons (Fsp3) is 0.0642. The van der Waals surface area contributed by atoms with Crippen LogP contribution in [0.15, 0.2) is 366 Å². The van der Waals surface area contributed by atoms with Crippen LogP contribution in [-0.4, -0.2) is 117 Å². The summed E-state index contributed by atoms with van der Waals surface area (Å²) in [5.74, 6) is -5.64. The Labute approximate surface area is 854 Å². The first kappa shape index (κ1) is 107. The van der Waals surface area contributed by atoms with Gasteiger partial charge in [0.05, 0.1) is 121 Å². The van der Waals surface area contributed by atoms with Crippen LogP contribution in [0.4, 0.5) is 43.9 Å². The number of hydrogen-bond donors (Lipinski definition) is 0. The fourth-order valence-electron chi connectivity index (χ4n) is 15.0.